The molecule has 1 rings (SSSR count). The first kappa shape index (κ1) is 9.75. The molecule has 0 aliphatic rings. The zero-order valence-corrected chi connectivity index (χ0v) is 8.64. The van der Waals surface area contributed by atoms with E-state index in [1.807, 2.05) is 6.07 Å². The van der Waals surface area contributed by atoms with Gasteiger partial charge in [0.1, 0.15) is 0 Å². The average Bonchev–Trinajstić information content (AvgIpc) is 2.08. The van der Waals surface area contributed by atoms with Gasteiger partial charge < -0.3 is 11.1 Å². The summed E-state index contributed by atoms with van der Waals surface area (Å²) in [6, 6.07) is 5.36. The highest BCUT2D eigenvalue weighted by Crippen LogP contribution is 2.26. The first-order chi connectivity index (χ1) is 6.07. The standard InChI is InChI=1S/C9H8BrN3/c1-5(12)8-6(4-11)2-3-7(10)9(8)13/h2-3,12H,13H2,1H3. The van der Waals surface area contributed by atoms with Crippen LogP contribution in [0.5, 0.6) is 0 Å². The molecular weight excluding hydrogens is 230 g/mol. The monoisotopic (exact) mass is 237 g/mol. The smallest absolute Gasteiger partial charge is 0.0999 e. The molecule has 0 aromatic heterocycles. The minimum atomic E-state index is 0.301. The fraction of sp³-hybridized carbons (Fsp3) is 0.111. The van der Waals surface area contributed by atoms with E-state index in [9.17, 15) is 0 Å². The summed E-state index contributed by atoms with van der Waals surface area (Å²) in [6.07, 6.45) is 0. The van der Waals surface area contributed by atoms with Crippen molar-refractivity contribution in [1.29, 1.82) is 10.7 Å². The van der Waals surface area contributed by atoms with Gasteiger partial charge in [-0.2, -0.15) is 5.26 Å². The van der Waals surface area contributed by atoms with E-state index < -0.39 is 0 Å². The van der Waals surface area contributed by atoms with E-state index in [-0.39, 0.29) is 0 Å². The second-order valence-corrected chi connectivity index (χ2v) is 3.47. The number of hydrogen-bond donors (Lipinski definition) is 2. The van der Waals surface area contributed by atoms with Gasteiger partial charge in [-0.1, -0.05) is 0 Å². The van der Waals surface area contributed by atoms with Crippen molar-refractivity contribution in [2.45, 2.75) is 6.92 Å². The van der Waals surface area contributed by atoms with Crippen molar-refractivity contribution in [1.82, 2.24) is 0 Å². The lowest BCUT2D eigenvalue weighted by Gasteiger charge is -2.07. The van der Waals surface area contributed by atoms with E-state index in [0.29, 0.717) is 27.0 Å². The van der Waals surface area contributed by atoms with Crippen LogP contribution in [0.1, 0.15) is 18.1 Å². The number of rotatable bonds is 1. The van der Waals surface area contributed by atoms with Gasteiger partial charge in [0.25, 0.3) is 0 Å². The van der Waals surface area contributed by atoms with E-state index in [0.717, 1.165) is 0 Å². The molecule has 1 aromatic carbocycles. The maximum Gasteiger partial charge on any atom is 0.0999 e. The number of nitrogens with two attached hydrogens (primary N) is 1. The van der Waals surface area contributed by atoms with Crippen LogP contribution >= 0.6 is 15.9 Å². The molecular formula is C9H8BrN3. The number of halogens is 1. The van der Waals surface area contributed by atoms with Gasteiger partial charge in [0.2, 0.25) is 0 Å². The molecule has 0 unspecified atom stereocenters. The minimum absolute atomic E-state index is 0.301. The molecule has 0 fully saturated rings. The van der Waals surface area contributed by atoms with Crippen molar-refractivity contribution < 1.29 is 0 Å². The molecule has 0 aliphatic heterocycles. The van der Waals surface area contributed by atoms with Gasteiger partial charge in [0.15, 0.2) is 0 Å². The van der Waals surface area contributed by atoms with Gasteiger partial charge in [-0.05, 0) is 35.0 Å². The highest BCUT2D eigenvalue weighted by molar-refractivity contribution is 9.10. The molecule has 0 heterocycles. The van der Waals surface area contributed by atoms with Crippen molar-refractivity contribution in [3.8, 4) is 6.07 Å². The fourth-order valence-corrected chi connectivity index (χ4v) is 1.42. The molecule has 1 aromatic rings. The maximum absolute atomic E-state index is 8.77. The predicted octanol–water partition coefficient (Wildman–Crippen LogP) is 2.29. The minimum Gasteiger partial charge on any atom is -0.397 e. The van der Waals surface area contributed by atoms with Gasteiger partial charge in [-0.3, -0.25) is 0 Å². The number of nitriles is 1. The number of nitrogen functional groups attached to an aromatic ring is 1. The Bertz CT molecular complexity index is 404. The second kappa shape index (κ2) is 3.58. The maximum atomic E-state index is 8.77. The summed E-state index contributed by atoms with van der Waals surface area (Å²) in [5.74, 6) is 0. The van der Waals surface area contributed by atoms with Crippen LogP contribution in [0.2, 0.25) is 0 Å². The van der Waals surface area contributed by atoms with Crippen LogP contribution in [0.25, 0.3) is 0 Å². The van der Waals surface area contributed by atoms with E-state index in [1.54, 1.807) is 19.1 Å². The average molecular weight is 238 g/mol. The lowest BCUT2D eigenvalue weighted by molar-refractivity contribution is 1.41. The summed E-state index contributed by atoms with van der Waals surface area (Å²) in [4.78, 5) is 0. The van der Waals surface area contributed by atoms with E-state index in [4.69, 9.17) is 16.4 Å². The zero-order chi connectivity index (χ0) is 10.0. The third-order valence-electron chi connectivity index (χ3n) is 1.69. The molecule has 3 N–H and O–H groups in total. The summed E-state index contributed by atoms with van der Waals surface area (Å²) in [6.45, 7) is 1.61. The van der Waals surface area contributed by atoms with Crippen molar-refractivity contribution in [3.63, 3.8) is 0 Å². The van der Waals surface area contributed by atoms with Crippen molar-refractivity contribution in [3.05, 3.63) is 27.7 Å². The molecule has 0 amide bonds. The first-order valence-corrected chi connectivity index (χ1v) is 4.40. The SMILES string of the molecule is CC(=N)c1c(C#N)ccc(Br)c1N. The number of benzene rings is 1. The molecule has 0 spiro atoms. The van der Waals surface area contributed by atoms with E-state index >= 15 is 0 Å². The number of nitrogens with zero attached hydrogens (tertiary/aromatic N) is 1. The normalized spacial score (nSPS) is 9.31. The lowest BCUT2D eigenvalue weighted by atomic mass is 10.0. The molecule has 0 bridgehead atoms. The Morgan fingerprint density at radius 3 is 2.69 bits per heavy atom. The summed E-state index contributed by atoms with van der Waals surface area (Å²) in [7, 11) is 0. The van der Waals surface area contributed by atoms with Crippen LogP contribution in [0.4, 0.5) is 5.69 Å². The molecule has 0 atom stereocenters. The van der Waals surface area contributed by atoms with Crippen LogP contribution in [0, 0.1) is 16.7 Å². The van der Waals surface area contributed by atoms with Gasteiger partial charge in [0.05, 0.1) is 17.3 Å². The molecule has 13 heavy (non-hydrogen) atoms. The second-order valence-electron chi connectivity index (χ2n) is 2.62. The van der Waals surface area contributed by atoms with Gasteiger partial charge in [-0.15, -0.1) is 0 Å². The number of anilines is 1. The van der Waals surface area contributed by atoms with Crippen LogP contribution in [0.3, 0.4) is 0 Å². The topological polar surface area (TPSA) is 73.7 Å². The molecule has 0 saturated heterocycles. The Balaban J connectivity index is 3.53. The van der Waals surface area contributed by atoms with E-state index in [1.165, 1.54) is 0 Å². The summed E-state index contributed by atoms with van der Waals surface area (Å²) in [5, 5.41) is 16.2. The first-order valence-electron chi connectivity index (χ1n) is 3.61. The molecule has 66 valence electrons. The number of hydrogen-bond acceptors (Lipinski definition) is 3. The largest absolute Gasteiger partial charge is 0.397 e. The molecule has 0 radical (unpaired) electrons. The summed E-state index contributed by atoms with van der Waals surface area (Å²) >= 11 is 3.25. The Morgan fingerprint density at radius 2 is 2.23 bits per heavy atom. The highest BCUT2D eigenvalue weighted by atomic mass is 79.9. The van der Waals surface area contributed by atoms with Crippen LogP contribution in [-0.2, 0) is 0 Å². The highest BCUT2D eigenvalue weighted by Gasteiger charge is 2.10. The van der Waals surface area contributed by atoms with Crippen LogP contribution in [0.15, 0.2) is 16.6 Å². The third kappa shape index (κ3) is 1.70. The summed E-state index contributed by atoms with van der Waals surface area (Å²) < 4.78 is 0.716. The van der Waals surface area contributed by atoms with Gasteiger partial charge in [-0.25, -0.2) is 0 Å². The van der Waals surface area contributed by atoms with Crippen molar-refractivity contribution >= 4 is 27.3 Å². The zero-order valence-electron chi connectivity index (χ0n) is 7.06. The fourth-order valence-electron chi connectivity index (χ4n) is 1.09. The Hall–Kier alpha value is -1.34. The lowest BCUT2D eigenvalue weighted by Crippen LogP contribution is -2.03. The van der Waals surface area contributed by atoms with Gasteiger partial charge >= 0.3 is 0 Å². The number of nitrogens with one attached hydrogen (secondary N) is 1. The van der Waals surface area contributed by atoms with Gasteiger partial charge in [0, 0.05) is 15.7 Å². The Kier molecular flexibility index (Phi) is 2.69. The molecule has 0 saturated carbocycles. The predicted molar refractivity (Wildman–Crippen MR) is 55.8 cm³/mol. The molecule has 3 nitrogen and oxygen atoms in total. The molecule has 4 heteroatoms. The van der Waals surface area contributed by atoms with Crippen LogP contribution in [-0.4, -0.2) is 5.71 Å². The third-order valence-corrected chi connectivity index (χ3v) is 2.38. The van der Waals surface area contributed by atoms with Crippen molar-refractivity contribution in [2.75, 3.05) is 5.73 Å². The quantitative estimate of drug-likeness (QED) is 0.581. The van der Waals surface area contributed by atoms with Crippen molar-refractivity contribution in [2.24, 2.45) is 0 Å². The summed E-state index contributed by atoms with van der Waals surface area (Å²) in [5.41, 5.74) is 7.42. The molecule has 0 aliphatic carbocycles. The Morgan fingerprint density at radius 1 is 1.62 bits per heavy atom. The Labute approximate surface area is 84.8 Å². The van der Waals surface area contributed by atoms with E-state index in [2.05, 4.69) is 15.9 Å². The van der Waals surface area contributed by atoms with Crippen LogP contribution < -0.4 is 5.73 Å².